The van der Waals surface area contributed by atoms with Crippen LogP contribution in [0, 0.1) is 0 Å². The van der Waals surface area contributed by atoms with E-state index in [0.717, 1.165) is 13.1 Å². The molecule has 0 amide bonds. The van der Waals surface area contributed by atoms with Gasteiger partial charge in [0, 0.05) is 25.5 Å². The van der Waals surface area contributed by atoms with Crippen molar-refractivity contribution in [1.82, 2.24) is 9.88 Å². The van der Waals surface area contributed by atoms with Crippen LogP contribution in [0.3, 0.4) is 0 Å². The number of unbranched alkanes of at least 4 members (excludes halogenated alkanes) is 3. The normalized spacial score (nSPS) is 10.9. The van der Waals surface area contributed by atoms with Crippen molar-refractivity contribution >= 4 is 11.8 Å². The van der Waals surface area contributed by atoms with Crippen molar-refractivity contribution < 1.29 is 0 Å². The third-order valence-corrected chi connectivity index (χ3v) is 3.51. The molecule has 1 aromatic heterocycles. The van der Waals surface area contributed by atoms with E-state index in [1.807, 2.05) is 11.8 Å². The first-order valence-corrected chi connectivity index (χ1v) is 7.54. The van der Waals surface area contributed by atoms with Crippen molar-refractivity contribution in [2.24, 2.45) is 7.05 Å². The Kier molecular flexibility index (Phi) is 7.43. The summed E-state index contributed by atoms with van der Waals surface area (Å²) in [7, 11) is 2.10. The maximum atomic E-state index is 3.49. The molecule has 0 unspecified atom stereocenters. The first kappa shape index (κ1) is 13.7. The van der Waals surface area contributed by atoms with Crippen LogP contribution in [0.1, 0.15) is 31.4 Å². The van der Waals surface area contributed by atoms with Gasteiger partial charge in [0.15, 0.2) is 0 Å². The molecule has 0 bridgehead atoms. The smallest absolute Gasteiger partial charge is 0.0359 e. The molecule has 1 N–H and O–H groups in total. The quantitative estimate of drug-likeness (QED) is 0.668. The standard InChI is InChI=1S/C13H24N2S/c1-15-10-7-8-13(15)12-14-9-5-3-4-6-11-16-2/h7-8,10,14H,3-6,9,11-12H2,1-2H3. The van der Waals surface area contributed by atoms with Crippen molar-refractivity contribution in [3.05, 3.63) is 24.0 Å². The van der Waals surface area contributed by atoms with Crippen molar-refractivity contribution in [2.75, 3.05) is 18.6 Å². The molecule has 0 atom stereocenters. The molecule has 0 fully saturated rings. The predicted octanol–water partition coefficient (Wildman–Crippen LogP) is 3.04. The molecule has 0 spiro atoms. The summed E-state index contributed by atoms with van der Waals surface area (Å²) in [6, 6.07) is 4.27. The zero-order valence-corrected chi connectivity index (χ0v) is 11.4. The number of rotatable bonds is 9. The second-order valence-electron chi connectivity index (χ2n) is 4.19. The third kappa shape index (κ3) is 5.61. The Hall–Kier alpha value is -0.410. The van der Waals surface area contributed by atoms with Gasteiger partial charge < -0.3 is 9.88 Å². The van der Waals surface area contributed by atoms with Gasteiger partial charge in [0.05, 0.1) is 0 Å². The number of aromatic nitrogens is 1. The lowest BCUT2D eigenvalue weighted by Gasteiger charge is -2.05. The second-order valence-corrected chi connectivity index (χ2v) is 5.18. The van der Waals surface area contributed by atoms with Crippen molar-refractivity contribution in [3.8, 4) is 0 Å². The molecule has 1 heterocycles. The Bertz CT molecular complexity index is 271. The summed E-state index contributed by atoms with van der Waals surface area (Å²) in [6.45, 7) is 2.14. The van der Waals surface area contributed by atoms with Gasteiger partial charge in [0.2, 0.25) is 0 Å². The van der Waals surface area contributed by atoms with Gasteiger partial charge >= 0.3 is 0 Å². The number of nitrogens with one attached hydrogen (secondary N) is 1. The van der Waals surface area contributed by atoms with E-state index in [-0.39, 0.29) is 0 Å². The number of thioether (sulfide) groups is 1. The third-order valence-electron chi connectivity index (χ3n) is 2.81. The molecule has 1 aromatic rings. The monoisotopic (exact) mass is 240 g/mol. The zero-order chi connectivity index (χ0) is 11.6. The van der Waals surface area contributed by atoms with Gasteiger partial charge in [-0.05, 0) is 43.5 Å². The Morgan fingerprint density at radius 3 is 2.75 bits per heavy atom. The number of hydrogen-bond acceptors (Lipinski definition) is 2. The highest BCUT2D eigenvalue weighted by atomic mass is 32.2. The van der Waals surface area contributed by atoms with Crippen molar-refractivity contribution in [2.45, 2.75) is 32.2 Å². The minimum atomic E-state index is 0.994. The van der Waals surface area contributed by atoms with E-state index in [2.05, 4.69) is 41.5 Å². The zero-order valence-electron chi connectivity index (χ0n) is 10.5. The first-order valence-electron chi connectivity index (χ1n) is 6.14. The summed E-state index contributed by atoms with van der Waals surface area (Å²) in [5.41, 5.74) is 1.36. The summed E-state index contributed by atoms with van der Waals surface area (Å²) in [6.07, 6.45) is 9.70. The lowest BCUT2D eigenvalue weighted by atomic mass is 10.2. The molecule has 0 aromatic carbocycles. The second kappa shape index (κ2) is 8.71. The van der Waals surface area contributed by atoms with Gasteiger partial charge in [-0.3, -0.25) is 0 Å². The Balaban J connectivity index is 1.91. The molecule has 16 heavy (non-hydrogen) atoms. The largest absolute Gasteiger partial charge is 0.353 e. The van der Waals surface area contributed by atoms with Crippen LogP contribution in [-0.2, 0) is 13.6 Å². The molecule has 0 radical (unpaired) electrons. The molecule has 0 aliphatic rings. The van der Waals surface area contributed by atoms with E-state index in [9.17, 15) is 0 Å². The average molecular weight is 240 g/mol. The van der Waals surface area contributed by atoms with Crippen molar-refractivity contribution in [1.29, 1.82) is 0 Å². The van der Waals surface area contributed by atoms with Crippen LogP contribution >= 0.6 is 11.8 Å². The van der Waals surface area contributed by atoms with Crippen LogP contribution in [0.4, 0.5) is 0 Å². The van der Waals surface area contributed by atoms with E-state index >= 15 is 0 Å². The lowest BCUT2D eigenvalue weighted by Crippen LogP contribution is -2.16. The van der Waals surface area contributed by atoms with E-state index in [1.54, 1.807) is 0 Å². The molecule has 3 heteroatoms. The van der Waals surface area contributed by atoms with Crippen LogP contribution in [0.5, 0.6) is 0 Å². The molecular formula is C13H24N2S. The molecule has 92 valence electrons. The minimum absolute atomic E-state index is 0.994. The summed E-state index contributed by atoms with van der Waals surface area (Å²) in [5.74, 6) is 1.32. The number of hydrogen-bond donors (Lipinski definition) is 1. The van der Waals surface area contributed by atoms with Gasteiger partial charge in [-0.1, -0.05) is 12.8 Å². The summed E-state index contributed by atoms with van der Waals surface area (Å²) < 4.78 is 2.17. The Morgan fingerprint density at radius 2 is 2.06 bits per heavy atom. The van der Waals surface area contributed by atoms with Crippen LogP contribution in [0.15, 0.2) is 18.3 Å². The molecule has 0 saturated carbocycles. The summed E-state index contributed by atoms with van der Waals surface area (Å²) >= 11 is 1.95. The molecule has 1 rings (SSSR count). The van der Waals surface area contributed by atoms with E-state index in [4.69, 9.17) is 0 Å². The predicted molar refractivity (Wildman–Crippen MR) is 74.0 cm³/mol. The molecule has 2 nitrogen and oxygen atoms in total. The van der Waals surface area contributed by atoms with Crippen LogP contribution in [-0.4, -0.2) is 23.1 Å². The lowest BCUT2D eigenvalue weighted by molar-refractivity contribution is 0.587. The Labute approximate surface area is 104 Å². The van der Waals surface area contributed by atoms with Crippen LogP contribution in [0.25, 0.3) is 0 Å². The fourth-order valence-electron chi connectivity index (χ4n) is 1.75. The highest BCUT2D eigenvalue weighted by Crippen LogP contribution is 2.04. The van der Waals surface area contributed by atoms with E-state index in [0.29, 0.717) is 0 Å². The summed E-state index contributed by atoms with van der Waals surface area (Å²) in [5, 5.41) is 3.49. The van der Waals surface area contributed by atoms with Gasteiger partial charge in [-0.25, -0.2) is 0 Å². The van der Waals surface area contributed by atoms with Crippen LogP contribution < -0.4 is 5.32 Å². The Morgan fingerprint density at radius 1 is 1.25 bits per heavy atom. The van der Waals surface area contributed by atoms with Crippen LogP contribution in [0.2, 0.25) is 0 Å². The minimum Gasteiger partial charge on any atom is -0.353 e. The number of nitrogens with zero attached hydrogens (tertiary/aromatic N) is 1. The average Bonchev–Trinajstić information content (AvgIpc) is 2.68. The molecular weight excluding hydrogens is 216 g/mol. The van der Waals surface area contributed by atoms with E-state index in [1.165, 1.54) is 37.1 Å². The van der Waals surface area contributed by atoms with Gasteiger partial charge in [0.25, 0.3) is 0 Å². The topological polar surface area (TPSA) is 17.0 Å². The van der Waals surface area contributed by atoms with Gasteiger partial charge in [-0.15, -0.1) is 0 Å². The van der Waals surface area contributed by atoms with Crippen molar-refractivity contribution in [3.63, 3.8) is 0 Å². The first-order chi connectivity index (χ1) is 7.84. The van der Waals surface area contributed by atoms with E-state index < -0.39 is 0 Å². The van der Waals surface area contributed by atoms with Gasteiger partial charge in [0.1, 0.15) is 0 Å². The number of aryl methyl sites for hydroxylation is 1. The van der Waals surface area contributed by atoms with Gasteiger partial charge in [-0.2, -0.15) is 11.8 Å². The fraction of sp³-hybridized carbons (Fsp3) is 0.692. The molecule has 0 aliphatic carbocycles. The highest BCUT2D eigenvalue weighted by molar-refractivity contribution is 7.98. The fourth-order valence-corrected chi connectivity index (χ4v) is 2.24. The highest BCUT2D eigenvalue weighted by Gasteiger charge is 1.95. The SMILES string of the molecule is CSCCCCCCNCc1cccn1C. The maximum Gasteiger partial charge on any atom is 0.0359 e. The molecule has 0 saturated heterocycles. The molecule has 0 aliphatic heterocycles. The summed E-state index contributed by atoms with van der Waals surface area (Å²) in [4.78, 5) is 0. The maximum absolute atomic E-state index is 3.49.